The van der Waals surface area contributed by atoms with Crippen LogP contribution in [0.3, 0.4) is 0 Å². The van der Waals surface area contributed by atoms with E-state index >= 15 is 0 Å². The first-order valence-electron chi connectivity index (χ1n) is 6.36. The summed E-state index contributed by atoms with van der Waals surface area (Å²) in [5, 5.41) is 0. The van der Waals surface area contributed by atoms with Crippen molar-refractivity contribution >= 4 is 16.6 Å². The molecule has 19 heavy (non-hydrogen) atoms. The van der Waals surface area contributed by atoms with Crippen LogP contribution in [0.1, 0.15) is 12.8 Å². The summed E-state index contributed by atoms with van der Waals surface area (Å²) in [6.45, 7) is 20.2. The van der Waals surface area contributed by atoms with Crippen molar-refractivity contribution in [3.8, 4) is 0 Å². The predicted molar refractivity (Wildman–Crippen MR) is 87.1 cm³/mol. The van der Waals surface area contributed by atoms with Gasteiger partial charge in [0.25, 0.3) is 0 Å². The Labute approximate surface area is 135 Å². The molecule has 0 aliphatic rings. The maximum absolute atomic E-state index is 5.39. The van der Waals surface area contributed by atoms with Crippen LogP contribution in [0.4, 0.5) is 0 Å². The van der Waals surface area contributed by atoms with Gasteiger partial charge in [0.1, 0.15) is 0 Å². The van der Waals surface area contributed by atoms with Gasteiger partial charge in [-0.2, -0.15) is 12.8 Å². The Morgan fingerprint density at radius 3 is 1.16 bits per heavy atom. The summed E-state index contributed by atoms with van der Waals surface area (Å²) in [7, 11) is -2.62. The fourth-order valence-electron chi connectivity index (χ4n) is 0.641. The van der Waals surface area contributed by atoms with Crippen LogP contribution in [0.5, 0.6) is 0 Å². The second-order valence-electron chi connectivity index (χ2n) is 5.78. The van der Waals surface area contributed by atoms with Gasteiger partial charge >= 0.3 is 19.5 Å². The summed E-state index contributed by atoms with van der Waals surface area (Å²) < 4.78 is 10.8. The monoisotopic (exact) mass is 350 g/mol. The summed E-state index contributed by atoms with van der Waals surface area (Å²) in [4.78, 5) is 0. The average Bonchev–Trinajstić information content (AvgIpc) is 2.16. The van der Waals surface area contributed by atoms with Crippen LogP contribution in [0.15, 0.2) is 24.7 Å². The summed E-state index contributed by atoms with van der Waals surface area (Å²) in [6, 6.07) is 0. The molecule has 0 amide bonds. The third-order valence-corrected chi connectivity index (χ3v) is 3.06. The molecule has 0 aromatic rings. The minimum Gasteiger partial charge on any atom is -0.550 e. The molecule has 0 bridgehead atoms. The van der Waals surface area contributed by atoms with Gasteiger partial charge in [-0.25, -0.2) is 0 Å². The van der Waals surface area contributed by atoms with E-state index in [9.17, 15) is 0 Å². The number of hydrogen-bond donors (Lipinski definition) is 0. The predicted octanol–water partition coefficient (Wildman–Crippen LogP) is 5.15. The van der Waals surface area contributed by atoms with Crippen LogP contribution in [0.25, 0.3) is 0 Å². The smallest absolute Gasteiger partial charge is 0.550 e. The maximum Gasteiger partial charge on any atom is 2.00 e. The first-order valence-corrected chi connectivity index (χ1v) is 13.2. The molecule has 2 nitrogen and oxygen atoms in total. The van der Waals surface area contributed by atoms with Crippen molar-refractivity contribution in [3.05, 3.63) is 38.5 Å². The molecule has 0 aromatic carbocycles. The average molecular weight is 352 g/mol. The van der Waals surface area contributed by atoms with Crippen molar-refractivity contribution in [1.29, 1.82) is 0 Å². The van der Waals surface area contributed by atoms with Crippen molar-refractivity contribution in [3.63, 3.8) is 0 Å². The Morgan fingerprint density at radius 1 is 0.737 bits per heavy atom. The first-order chi connectivity index (χ1) is 8.12. The molecule has 0 heterocycles. The van der Waals surface area contributed by atoms with Crippen LogP contribution in [0.2, 0.25) is 39.3 Å². The van der Waals surface area contributed by atoms with Gasteiger partial charge in [-0.3, -0.25) is 0 Å². The molecule has 0 fully saturated rings. The normalized spacial score (nSPS) is 11.8. The van der Waals surface area contributed by atoms with Gasteiger partial charge in [0.05, 0.1) is 12.5 Å². The van der Waals surface area contributed by atoms with E-state index in [1.54, 1.807) is 12.5 Å². The second kappa shape index (κ2) is 13.1. The van der Waals surface area contributed by atoms with E-state index in [2.05, 4.69) is 53.1 Å². The summed E-state index contributed by atoms with van der Waals surface area (Å²) in [5.41, 5.74) is 0. The molecule has 0 saturated heterocycles. The largest absolute Gasteiger partial charge is 2.00 e. The third-order valence-electron chi connectivity index (χ3n) is 1.37. The number of hydrogen-bond acceptors (Lipinski definition) is 2. The molecule has 0 spiro atoms. The fourth-order valence-corrected chi connectivity index (χ4v) is 1.65. The Kier molecular flexibility index (Phi) is 16.7. The van der Waals surface area contributed by atoms with E-state index in [1.165, 1.54) is 0 Å². The Hall–Kier alpha value is 0.137. The van der Waals surface area contributed by atoms with Crippen LogP contribution in [-0.2, 0) is 28.3 Å². The molecular formula is C14H30O2Si2Zn. The van der Waals surface area contributed by atoms with E-state index in [1.807, 2.05) is 12.2 Å². The zero-order valence-electron chi connectivity index (χ0n) is 13.7. The van der Waals surface area contributed by atoms with Gasteiger partial charge in [-0.1, -0.05) is 12.2 Å². The molecule has 0 atom stereocenters. The first kappa shape index (κ1) is 24.2. The quantitative estimate of drug-likeness (QED) is 0.374. The van der Waals surface area contributed by atoms with E-state index in [-0.39, 0.29) is 19.5 Å². The van der Waals surface area contributed by atoms with E-state index in [0.717, 1.165) is 12.8 Å². The summed E-state index contributed by atoms with van der Waals surface area (Å²) in [5.74, 6) is 0. The summed E-state index contributed by atoms with van der Waals surface area (Å²) in [6.07, 6.45) is 9.00. The molecule has 0 unspecified atom stereocenters. The molecule has 108 valence electrons. The third kappa shape index (κ3) is 32.1. The zero-order chi connectivity index (χ0) is 14.7. The van der Waals surface area contributed by atoms with Gasteiger partial charge < -0.3 is 22.7 Å². The molecule has 5 heteroatoms. The van der Waals surface area contributed by atoms with E-state index < -0.39 is 16.6 Å². The standard InChI is InChI=1S/2C7H15OSi.Zn/c2*1-5-6-7-8-9(2,3)4;/h2*6-7H,1,5H2,2-4H3;/q2*-1;+2/b2*7-6+;. The van der Waals surface area contributed by atoms with Crippen LogP contribution in [0, 0.1) is 13.8 Å². The van der Waals surface area contributed by atoms with Crippen molar-refractivity contribution < 1.29 is 28.3 Å². The van der Waals surface area contributed by atoms with E-state index in [0.29, 0.717) is 0 Å². The Morgan fingerprint density at radius 2 is 1.00 bits per heavy atom. The number of rotatable bonds is 6. The maximum atomic E-state index is 5.39. The van der Waals surface area contributed by atoms with Crippen LogP contribution < -0.4 is 0 Å². The van der Waals surface area contributed by atoms with Crippen molar-refractivity contribution in [2.75, 3.05) is 0 Å². The van der Waals surface area contributed by atoms with Crippen LogP contribution in [-0.4, -0.2) is 16.6 Å². The molecule has 0 aliphatic carbocycles. The molecule has 0 radical (unpaired) electrons. The zero-order valence-corrected chi connectivity index (χ0v) is 18.6. The Balaban J connectivity index is -0.000000256. The minimum absolute atomic E-state index is 0. The second-order valence-corrected chi connectivity index (χ2v) is 14.7. The molecular weight excluding hydrogens is 322 g/mol. The number of allylic oxidation sites excluding steroid dienone is 2. The van der Waals surface area contributed by atoms with Crippen LogP contribution >= 0.6 is 0 Å². The molecule has 0 aromatic heterocycles. The van der Waals surface area contributed by atoms with Crippen molar-refractivity contribution in [1.82, 2.24) is 0 Å². The summed E-state index contributed by atoms with van der Waals surface area (Å²) >= 11 is 0. The van der Waals surface area contributed by atoms with Crippen molar-refractivity contribution in [2.45, 2.75) is 52.1 Å². The topological polar surface area (TPSA) is 18.5 Å². The molecule has 0 rings (SSSR count). The van der Waals surface area contributed by atoms with Gasteiger partial charge in [0, 0.05) is 0 Å². The fraction of sp³-hybridized carbons (Fsp3) is 0.571. The SMILES string of the molecule is [CH2-]C/C=C/O[Si](C)(C)C.[CH2-]C/C=C/O[Si](C)(C)C.[Zn+2]. The van der Waals surface area contributed by atoms with Gasteiger partial charge in [0.2, 0.25) is 16.6 Å². The van der Waals surface area contributed by atoms with Crippen molar-refractivity contribution in [2.24, 2.45) is 0 Å². The van der Waals surface area contributed by atoms with E-state index in [4.69, 9.17) is 8.85 Å². The van der Waals surface area contributed by atoms with Gasteiger partial charge in [-0.05, 0) is 39.3 Å². The molecule has 0 N–H and O–H groups in total. The Bertz CT molecular complexity index is 215. The molecule has 0 aliphatic heterocycles. The van der Waals surface area contributed by atoms with Gasteiger partial charge in [-0.15, -0.1) is 0 Å². The van der Waals surface area contributed by atoms with Gasteiger partial charge in [0.15, 0.2) is 0 Å². The molecule has 0 saturated carbocycles. The minimum atomic E-state index is -1.31.